The molecule has 11 heteroatoms. The minimum atomic E-state index is -1.23. The fourth-order valence-electron chi connectivity index (χ4n) is 4.06. The normalized spacial score (nSPS) is 19.0. The molecule has 1 saturated heterocycles. The Morgan fingerprint density at radius 1 is 1.23 bits per heavy atom. The van der Waals surface area contributed by atoms with Crippen molar-refractivity contribution in [1.82, 2.24) is 14.9 Å². The van der Waals surface area contributed by atoms with Crippen molar-refractivity contribution in [1.29, 1.82) is 5.41 Å². The molecule has 3 aromatic rings. The van der Waals surface area contributed by atoms with E-state index in [1.807, 2.05) is 18.2 Å². The van der Waals surface area contributed by atoms with E-state index in [9.17, 15) is 14.0 Å². The number of carboxylic acids is 1. The van der Waals surface area contributed by atoms with Gasteiger partial charge in [0.2, 0.25) is 5.91 Å². The molecule has 0 aliphatic carbocycles. The van der Waals surface area contributed by atoms with Crippen LogP contribution in [0.1, 0.15) is 24.2 Å². The van der Waals surface area contributed by atoms with Gasteiger partial charge in [-0.05, 0) is 44.3 Å². The summed E-state index contributed by atoms with van der Waals surface area (Å²) >= 11 is 0. The first-order valence-corrected chi connectivity index (χ1v) is 11.2. The van der Waals surface area contributed by atoms with Crippen LogP contribution >= 0.6 is 0 Å². The molecule has 2 atom stereocenters. The summed E-state index contributed by atoms with van der Waals surface area (Å²) in [6.45, 7) is 5.12. The monoisotopic (exact) mass is 482 g/mol. The van der Waals surface area contributed by atoms with Gasteiger partial charge >= 0.3 is 5.97 Å². The summed E-state index contributed by atoms with van der Waals surface area (Å²) in [7, 11) is 2.12. The van der Waals surface area contributed by atoms with E-state index >= 15 is 0 Å². The Balaban J connectivity index is 0.000000431. The number of carbonyl (C=O) groups is 2. The van der Waals surface area contributed by atoms with E-state index in [4.69, 9.17) is 15.6 Å². The molecule has 0 spiro atoms. The lowest BCUT2D eigenvalue weighted by Gasteiger charge is -2.34. The Morgan fingerprint density at radius 2 is 1.91 bits per heavy atom. The number of H-pyrrole nitrogens is 1. The molecule has 3 heterocycles. The van der Waals surface area contributed by atoms with Crippen molar-refractivity contribution in [3.63, 3.8) is 0 Å². The van der Waals surface area contributed by atoms with Crippen LogP contribution in [0.15, 0.2) is 36.4 Å². The molecule has 1 aromatic heterocycles. The molecule has 1 fully saturated rings. The second kappa shape index (κ2) is 9.80. The first kappa shape index (κ1) is 24.3. The Kier molecular flexibility index (Phi) is 6.81. The van der Waals surface area contributed by atoms with Gasteiger partial charge in [0.05, 0.1) is 28.0 Å². The summed E-state index contributed by atoms with van der Waals surface area (Å²) < 4.78 is 14.3. The number of likely N-dealkylation sites (N-methyl/N-ethyl adjacent to an activating group) is 1. The van der Waals surface area contributed by atoms with Crippen LogP contribution in [-0.4, -0.2) is 82.0 Å². The Morgan fingerprint density at radius 3 is 2.57 bits per heavy atom. The number of amides is 1. The smallest absolute Gasteiger partial charge is 0.332 e. The van der Waals surface area contributed by atoms with E-state index in [2.05, 4.69) is 32.1 Å². The van der Waals surface area contributed by atoms with E-state index in [1.165, 1.54) is 19.1 Å². The van der Waals surface area contributed by atoms with Gasteiger partial charge in [-0.25, -0.2) is 14.2 Å². The number of hydrogen-bond acceptors (Lipinski definition) is 7. The maximum absolute atomic E-state index is 14.3. The Bertz CT molecular complexity index is 1280. The van der Waals surface area contributed by atoms with Gasteiger partial charge in [-0.15, -0.1) is 0 Å². The van der Waals surface area contributed by atoms with E-state index in [-0.39, 0.29) is 17.2 Å². The molecule has 0 saturated carbocycles. The highest BCUT2D eigenvalue weighted by atomic mass is 19.1. The lowest BCUT2D eigenvalue weighted by atomic mass is 9.90. The first-order chi connectivity index (χ1) is 16.7. The Hall–Kier alpha value is -3.83. The number of aromatic nitrogens is 2. The van der Waals surface area contributed by atoms with Crippen molar-refractivity contribution in [3.05, 3.63) is 53.6 Å². The van der Waals surface area contributed by atoms with Gasteiger partial charge in [0.1, 0.15) is 23.7 Å². The number of aliphatic carboxylic acids is 1. The number of nitrogens with one attached hydrogen (secondary N) is 3. The van der Waals surface area contributed by atoms with Gasteiger partial charge in [-0.3, -0.25) is 4.79 Å². The number of carbonyl (C=O) groups excluding carboxylic acids is 1. The first-order valence-electron chi connectivity index (χ1n) is 11.2. The average Bonchev–Trinajstić information content (AvgIpc) is 3.22. The van der Waals surface area contributed by atoms with Crippen LogP contribution in [0.2, 0.25) is 0 Å². The molecule has 2 aliphatic heterocycles. The lowest BCUT2D eigenvalue weighted by Crippen LogP contribution is -2.44. The topological polar surface area (TPSA) is 146 Å². The van der Waals surface area contributed by atoms with Gasteiger partial charge in [-0.1, -0.05) is 6.07 Å². The molecule has 5 N–H and O–H groups in total. The van der Waals surface area contributed by atoms with Crippen molar-refractivity contribution in [2.24, 2.45) is 0 Å². The van der Waals surface area contributed by atoms with Crippen LogP contribution in [0.25, 0.3) is 11.0 Å². The molecule has 2 unspecified atom stereocenters. The molecule has 0 bridgehead atoms. The summed E-state index contributed by atoms with van der Waals surface area (Å²) in [5.74, 6) is -2.71. The largest absolute Gasteiger partial charge is 0.479 e. The summed E-state index contributed by atoms with van der Waals surface area (Å²) in [6.07, 6.45) is -1.23. The zero-order chi connectivity index (χ0) is 25.3. The van der Waals surface area contributed by atoms with Gasteiger partial charge in [0, 0.05) is 31.9 Å². The van der Waals surface area contributed by atoms with Gasteiger partial charge < -0.3 is 35.7 Å². The molecule has 0 radical (unpaired) electrons. The minimum Gasteiger partial charge on any atom is -0.479 e. The fourth-order valence-corrected chi connectivity index (χ4v) is 4.06. The zero-order valence-corrected chi connectivity index (χ0v) is 19.4. The highest BCUT2D eigenvalue weighted by Crippen LogP contribution is 2.33. The summed E-state index contributed by atoms with van der Waals surface area (Å²) in [5, 5.41) is 26.9. The molecular formula is C24H27FN6O4. The van der Waals surface area contributed by atoms with Crippen molar-refractivity contribution < 1.29 is 24.2 Å². The van der Waals surface area contributed by atoms with Crippen molar-refractivity contribution >= 4 is 40.0 Å². The van der Waals surface area contributed by atoms with Crippen molar-refractivity contribution in [3.8, 4) is 0 Å². The minimum absolute atomic E-state index is 0.0832. The maximum atomic E-state index is 14.3. The van der Waals surface area contributed by atoms with Crippen LogP contribution in [-0.2, 0) is 9.59 Å². The lowest BCUT2D eigenvalue weighted by molar-refractivity contribution is -0.145. The number of nitrogens with zero attached hydrogens (tertiary/aromatic N) is 3. The molecule has 10 nitrogen and oxygen atoms in total. The predicted molar refractivity (Wildman–Crippen MR) is 130 cm³/mol. The molecule has 2 aromatic carbocycles. The number of aliphatic hydroxyl groups is 1. The summed E-state index contributed by atoms with van der Waals surface area (Å²) in [4.78, 5) is 34.4. The second-order valence-electron chi connectivity index (χ2n) is 8.63. The molecular weight excluding hydrogens is 455 g/mol. The van der Waals surface area contributed by atoms with E-state index < -0.39 is 23.8 Å². The van der Waals surface area contributed by atoms with Crippen LogP contribution in [0.4, 0.5) is 15.8 Å². The van der Waals surface area contributed by atoms with Crippen LogP contribution in [0, 0.1) is 11.2 Å². The quantitative estimate of drug-likeness (QED) is 0.384. The number of fused-ring (bicyclic) bond motifs is 2. The number of imidazole rings is 1. The molecule has 35 heavy (non-hydrogen) atoms. The average molecular weight is 483 g/mol. The predicted octanol–water partition coefficient (Wildman–Crippen LogP) is 2.01. The number of anilines is 2. The maximum Gasteiger partial charge on any atom is 0.332 e. The summed E-state index contributed by atoms with van der Waals surface area (Å²) in [6, 6.07) is 10.4. The van der Waals surface area contributed by atoms with Crippen molar-refractivity contribution in [2.45, 2.75) is 18.9 Å². The van der Waals surface area contributed by atoms with Crippen molar-refractivity contribution in [2.75, 3.05) is 43.4 Å². The third-order valence-electron chi connectivity index (χ3n) is 6.07. The number of carboxylic acid groups (broad SMARTS) is 1. The number of aromatic amines is 1. The SMILES string of the molecule is CC(O)C(=O)O.CN1CCN(c2ccc3nc(C4C(=N)c5c(F)cccc5NC4=O)[nH]c3c2)CC1. The molecule has 1 amide bonds. The number of aliphatic hydroxyl groups excluding tert-OH is 1. The number of rotatable bonds is 3. The fraction of sp³-hybridized carbons (Fsp3) is 0.333. The molecule has 2 aliphatic rings. The highest BCUT2D eigenvalue weighted by molar-refractivity contribution is 6.25. The standard InChI is InChI=1S/C21H21FN6O.C3H6O3/c1-27-7-9-28(10-8-27)12-5-6-14-16(11-12)25-20(24-14)18-19(23)17-13(22)3-2-4-15(17)26-21(18)29;1-2(4)3(5)6/h2-6,11,18,23H,7-10H2,1H3,(H,24,25)(H,26,29);2,4H,1H3,(H,5,6). The Labute approximate surface area is 200 Å². The van der Waals surface area contributed by atoms with Crippen LogP contribution in [0.3, 0.4) is 0 Å². The second-order valence-corrected chi connectivity index (χ2v) is 8.63. The number of piperazine rings is 1. The number of hydrogen-bond donors (Lipinski definition) is 5. The third-order valence-corrected chi connectivity index (χ3v) is 6.07. The molecule has 184 valence electrons. The van der Waals surface area contributed by atoms with Gasteiger partial charge in [0.25, 0.3) is 0 Å². The molecule has 5 rings (SSSR count). The van der Waals surface area contributed by atoms with E-state index in [0.29, 0.717) is 11.5 Å². The van der Waals surface area contributed by atoms with Gasteiger partial charge in [0.15, 0.2) is 0 Å². The van der Waals surface area contributed by atoms with Crippen LogP contribution < -0.4 is 10.2 Å². The van der Waals surface area contributed by atoms with Gasteiger partial charge in [-0.2, -0.15) is 0 Å². The van der Waals surface area contributed by atoms with E-state index in [1.54, 1.807) is 6.07 Å². The van der Waals surface area contributed by atoms with Crippen LogP contribution in [0.5, 0.6) is 0 Å². The highest BCUT2D eigenvalue weighted by Gasteiger charge is 2.36. The zero-order valence-electron chi connectivity index (χ0n) is 19.4. The van der Waals surface area contributed by atoms with E-state index in [0.717, 1.165) is 42.9 Å². The third kappa shape index (κ3) is 5.00. The number of halogens is 1. The number of benzene rings is 2. The summed E-state index contributed by atoms with van der Waals surface area (Å²) in [5.41, 5.74) is 2.98.